The summed E-state index contributed by atoms with van der Waals surface area (Å²) in [7, 11) is -18.0. The molecule has 0 heterocycles. The topological polar surface area (TPSA) is 31.5 Å². The van der Waals surface area contributed by atoms with Crippen molar-refractivity contribution >= 4 is 21.8 Å². The van der Waals surface area contributed by atoms with Crippen molar-refractivity contribution < 1.29 is 79.6 Å². The first-order valence-corrected chi connectivity index (χ1v) is 2.62. The Balaban J connectivity index is -0.0000000400. The monoisotopic (exact) mass is 386 g/mol. The third-order valence-electron chi connectivity index (χ3n) is 0. The fourth-order valence-electron chi connectivity index (χ4n) is 0. The maximum atomic E-state index is 9.75. The summed E-state index contributed by atoms with van der Waals surface area (Å²) < 4.78 is 117. The molecular formula is H2AgB3F12O-3. The molecular weight excluding hydrogens is 384 g/mol. The summed E-state index contributed by atoms with van der Waals surface area (Å²) >= 11 is 0. The van der Waals surface area contributed by atoms with Gasteiger partial charge in [-0.2, -0.15) is 0 Å². The van der Waals surface area contributed by atoms with Crippen LogP contribution in [0.15, 0.2) is 0 Å². The van der Waals surface area contributed by atoms with Crippen molar-refractivity contribution in [3.05, 3.63) is 0 Å². The molecule has 0 rings (SSSR count). The number of hydrogen-bond donors (Lipinski definition) is 0. The first-order valence-electron chi connectivity index (χ1n) is 2.62. The van der Waals surface area contributed by atoms with Gasteiger partial charge in [0.2, 0.25) is 0 Å². The molecule has 0 aromatic rings. The van der Waals surface area contributed by atoms with E-state index in [-0.39, 0.29) is 27.9 Å². The molecule has 1 nitrogen and oxygen atoms in total. The summed E-state index contributed by atoms with van der Waals surface area (Å²) in [6, 6.07) is 0. The van der Waals surface area contributed by atoms with E-state index in [1.54, 1.807) is 0 Å². The zero-order chi connectivity index (χ0) is 13.5. The Morgan fingerprint density at radius 1 is 0.353 bits per heavy atom. The van der Waals surface area contributed by atoms with Gasteiger partial charge < -0.3 is 57.3 Å². The molecule has 17 heavy (non-hydrogen) atoms. The number of hydrogen-bond acceptors (Lipinski definition) is 0. The van der Waals surface area contributed by atoms with E-state index in [2.05, 4.69) is 0 Å². The van der Waals surface area contributed by atoms with Gasteiger partial charge in [0.15, 0.2) is 0 Å². The molecule has 0 aliphatic heterocycles. The van der Waals surface area contributed by atoms with Crippen LogP contribution in [0.5, 0.6) is 0 Å². The Hall–Kier alpha value is 0.0551. The second-order valence-electron chi connectivity index (χ2n) is 1.48. The minimum absolute atomic E-state index is 0. The number of halogens is 12. The summed E-state index contributed by atoms with van der Waals surface area (Å²) in [5.41, 5.74) is 0. The van der Waals surface area contributed by atoms with Gasteiger partial charge in [-0.15, -0.1) is 0 Å². The molecule has 2 N–H and O–H groups in total. The molecule has 0 saturated carbocycles. The fourth-order valence-corrected chi connectivity index (χ4v) is 0. The second-order valence-corrected chi connectivity index (χ2v) is 1.48. The normalized spacial score (nSPS) is 10.6. The van der Waals surface area contributed by atoms with Crippen molar-refractivity contribution in [3.63, 3.8) is 0 Å². The molecule has 0 amide bonds. The first-order chi connectivity index (χ1) is 6.00. The van der Waals surface area contributed by atoms with Gasteiger partial charge in [0.1, 0.15) is 0 Å². The van der Waals surface area contributed by atoms with Crippen LogP contribution in [0.4, 0.5) is 51.8 Å². The molecule has 0 unspecified atom stereocenters. The quantitative estimate of drug-likeness (QED) is 0.453. The van der Waals surface area contributed by atoms with Crippen LogP contribution < -0.4 is 0 Å². The average molecular weight is 386 g/mol. The summed E-state index contributed by atoms with van der Waals surface area (Å²) in [6.07, 6.45) is 0. The maximum Gasteiger partial charge on any atom is 0.673 e. The van der Waals surface area contributed by atoms with E-state index in [0.717, 1.165) is 0 Å². The predicted octanol–water partition coefficient (Wildman–Crippen LogP) is 3.07. The number of rotatable bonds is 0. The maximum absolute atomic E-state index is 9.75. The fraction of sp³-hybridized carbons (Fsp3) is 0. The van der Waals surface area contributed by atoms with E-state index in [9.17, 15) is 51.8 Å². The van der Waals surface area contributed by atoms with Crippen LogP contribution in [-0.4, -0.2) is 27.2 Å². The van der Waals surface area contributed by atoms with Crippen LogP contribution in [0, 0.1) is 0 Å². The zero-order valence-electron chi connectivity index (χ0n) is 7.07. The van der Waals surface area contributed by atoms with Gasteiger partial charge in [0, 0.05) is 22.4 Å². The van der Waals surface area contributed by atoms with Gasteiger partial charge in [-0.25, -0.2) is 0 Å². The predicted molar refractivity (Wildman–Crippen MR) is 34.2 cm³/mol. The standard InChI is InChI=1S/Ag.3BF4.H2O/c;3*2-1(3,4)5;/h;;;;1H2/q;3*-1;. The Morgan fingerprint density at radius 2 is 0.353 bits per heavy atom. The molecule has 0 saturated heterocycles. The molecule has 0 fully saturated rings. The van der Waals surface area contributed by atoms with Crippen LogP contribution in [0.25, 0.3) is 0 Å². The first kappa shape index (κ1) is 30.3. The zero-order valence-corrected chi connectivity index (χ0v) is 8.55. The molecule has 0 spiro atoms. The molecule has 17 heteroatoms. The van der Waals surface area contributed by atoms with E-state index in [1.807, 2.05) is 0 Å². The van der Waals surface area contributed by atoms with Crippen LogP contribution >= 0.6 is 0 Å². The van der Waals surface area contributed by atoms with E-state index >= 15 is 0 Å². The summed E-state index contributed by atoms with van der Waals surface area (Å²) in [5, 5.41) is 0. The Kier molecular flexibility index (Phi) is 19.9. The Bertz CT molecular complexity index is 96.8. The van der Waals surface area contributed by atoms with Gasteiger partial charge >= 0.3 is 21.8 Å². The smallest absolute Gasteiger partial charge is 0.418 e. The molecule has 0 aliphatic carbocycles. The van der Waals surface area contributed by atoms with Crippen molar-refractivity contribution in [2.24, 2.45) is 0 Å². The molecule has 0 bridgehead atoms. The van der Waals surface area contributed by atoms with E-state index in [0.29, 0.717) is 0 Å². The third-order valence-corrected chi connectivity index (χ3v) is 0. The minimum atomic E-state index is -6.00. The Morgan fingerprint density at radius 3 is 0.353 bits per heavy atom. The van der Waals surface area contributed by atoms with Crippen molar-refractivity contribution in [2.45, 2.75) is 0 Å². The van der Waals surface area contributed by atoms with Gasteiger partial charge in [-0.3, -0.25) is 0 Å². The van der Waals surface area contributed by atoms with Crippen molar-refractivity contribution in [1.29, 1.82) is 0 Å². The van der Waals surface area contributed by atoms with Crippen LogP contribution in [0.3, 0.4) is 0 Å². The molecule has 0 atom stereocenters. The van der Waals surface area contributed by atoms with Crippen LogP contribution in [-0.2, 0) is 22.4 Å². The third kappa shape index (κ3) is 1050000. The average Bonchev–Trinajstić information content (AvgIpc) is 1.41. The molecule has 115 valence electrons. The van der Waals surface area contributed by atoms with E-state index < -0.39 is 21.8 Å². The summed E-state index contributed by atoms with van der Waals surface area (Å²) in [5.74, 6) is 0. The van der Waals surface area contributed by atoms with E-state index in [1.165, 1.54) is 0 Å². The molecule has 0 aliphatic rings. The molecule has 1 radical (unpaired) electrons. The van der Waals surface area contributed by atoms with Crippen molar-refractivity contribution in [3.8, 4) is 0 Å². The minimum Gasteiger partial charge on any atom is -0.418 e. The summed E-state index contributed by atoms with van der Waals surface area (Å²) in [4.78, 5) is 0. The van der Waals surface area contributed by atoms with Crippen LogP contribution in [0.1, 0.15) is 0 Å². The SMILES string of the molecule is F[B-](F)(F)F.F[B-](F)(F)F.F[B-](F)(F)F.O.[Ag]. The van der Waals surface area contributed by atoms with Gasteiger partial charge in [-0.05, 0) is 0 Å². The molecule has 0 aromatic heterocycles. The van der Waals surface area contributed by atoms with Gasteiger partial charge in [-0.1, -0.05) is 0 Å². The van der Waals surface area contributed by atoms with Crippen molar-refractivity contribution in [2.75, 3.05) is 0 Å². The van der Waals surface area contributed by atoms with E-state index in [4.69, 9.17) is 0 Å². The summed E-state index contributed by atoms with van der Waals surface area (Å²) in [6.45, 7) is 0. The molecule has 0 aromatic carbocycles. The van der Waals surface area contributed by atoms with Crippen molar-refractivity contribution in [1.82, 2.24) is 0 Å². The Labute approximate surface area is 102 Å². The second kappa shape index (κ2) is 11.2. The largest absolute Gasteiger partial charge is 0.673 e. The van der Waals surface area contributed by atoms with Gasteiger partial charge in [0.05, 0.1) is 0 Å². The van der Waals surface area contributed by atoms with Gasteiger partial charge in [0.25, 0.3) is 0 Å². The van der Waals surface area contributed by atoms with Crippen LogP contribution in [0.2, 0.25) is 0 Å².